The lowest BCUT2D eigenvalue weighted by molar-refractivity contribution is 0.790. The Morgan fingerprint density at radius 2 is 1.65 bits per heavy atom. The summed E-state index contributed by atoms with van der Waals surface area (Å²) >= 11 is 3.44. The second-order valence-electron chi connectivity index (χ2n) is 4.93. The van der Waals surface area contributed by atoms with Gasteiger partial charge in [-0.15, -0.1) is 0 Å². The molecule has 0 bridgehead atoms. The van der Waals surface area contributed by atoms with Crippen molar-refractivity contribution in [1.29, 1.82) is 0 Å². The highest BCUT2D eigenvalue weighted by atomic mass is 79.9. The van der Waals surface area contributed by atoms with Crippen molar-refractivity contribution in [3.05, 3.63) is 58.6 Å². The molecule has 0 amide bonds. The third-order valence-corrected chi connectivity index (χ3v) is 3.76. The van der Waals surface area contributed by atoms with E-state index in [1.807, 2.05) is 38.4 Å². The molecule has 1 unspecified atom stereocenters. The van der Waals surface area contributed by atoms with Crippen LogP contribution in [0.5, 0.6) is 0 Å². The van der Waals surface area contributed by atoms with Gasteiger partial charge in [0, 0.05) is 36.5 Å². The quantitative estimate of drug-likeness (QED) is 0.877. The maximum Gasteiger partial charge on any atom is 0.0636 e. The second-order valence-corrected chi connectivity index (χ2v) is 5.84. The maximum absolute atomic E-state index is 5.90. The van der Waals surface area contributed by atoms with Crippen molar-refractivity contribution in [2.24, 2.45) is 5.73 Å². The van der Waals surface area contributed by atoms with Gasteiger partial charge in [-0.3, -0.25) is 0 Å². The molecule has 2 rings (SSSR count). The molecule has 0 saturated heterocycles. The zero-order valence-corrected chi connectivity index (χ0v) is 13.4. The summed E-state index contributed by atoms with van der Waals surface area (Å²) in [5.74, 6) is 0. The minimum atomic E-state index is 0.118. The first kappa shape index (κ1) is 14.9. The molecule has 20 heavy (non-hydrogen) atoms. The summed E-state index contributed by atoms with van der Waals surface area (Å²) in [6.07, 6.45) is 0. The third kappa shape index (κ3) is 3.74. The molecule has 2 aromatic carbocycles. The van der Waals surface area contributed by atoms with Gasteiger partial charge in [-0.25, -0.2) is 0 Å². The molecular formula is C16H20BrN3. The van der Waals surface area contributed by atoms with Crippen LogP contribution < -0.4 is 16.0 Å². The topological polar surface area (TPSA) is 41.3 Å². The van der Waals surface area contributed by atoms with E-state index in [0.717, 1.165) is 10.2 Å². The van der Waals surface area contributed by atoms with E-state index in [9.17, 15) is 0 Å². The van der Waals surface area contributed by atoms with Gasteiger partial charge >= 0.3 is 0 Å². The second kappa shape index (κ2) is 6.77. The number of nitrogens with two attached hydrogens (primary N) is 1. The summed E-state index contributed by atoms with van der Waals surface area (Å²) in [7, 11) is 4.07. The summed E-state index contributed by atoms with van der Waals surface area (Å²) in [5, 5.41) is 3.46. The zero-order chi connectivity index (χ0) is 14.5. The number of anilines is 2. The van der Waals surface area contributed by atoms with Crippen LogP contribution in [0.1, 0.15) is 11.6 Å². The van der Waals surface area contributed by atoms with Gasteiger partial charge < -0.3 is 16.0 Å². The first-order valence-corrected chi connectivity index (χ1v) is 7.39. The molecule has 0 heterocycles. The van der Waals surface area contributed by atoms with Gasteiger partial charge in [0.05, 0.1) is 6.04 Å². The summed E-state index contributed by atoms with van der Waals surface area (Å²) in [6.45, 7) is 0.553. The Morgan fingerprint density at radius 1 is 1.05 bits per heavy atom. The fourth-order valence-corrected chi connectivity index (χ4v) is 2.29. The van der Waals surface area contributed by atoms with Crippen molar-refractivity contribution in [1.82, 2.24) is 0 Å². The molecule has 0 saturated carbocycles. The number of halogens is 1. The highest BCUT2D eigenvalue weighted by Crippen LogP contribution is 2.22. The lowest BCUT2D eigenvalue weighted by atomic mass is 10.1. The van der Waals surface area contributed by atoms with E-state index in [4.69, 9.17) is 5.73 Å². The molecule has 0 spiro atoms. The van der Waals surface area contributed by atoms with Crippen molar-refractivity contribution in [3.8, 4) is 0 Å². The molecule has 0 fully saturated rings. The molecule has 0 aliphatic carbocycles. The molecule has 0 radical (unpaired) electrons. The third-order valence-electron chi connectivity index (χ3n) is 3.23. The average Bonchev–Trinajstić information content (AvgIpc) is 2.47. The van der Waals surface area contributed by atoms with E-state index in [1.54, 1.807) is 0 Å². The number of nitrogens with zero attached hydrogens (tertiary/aromatic N) is 1. The van der Waals surface area contributed by atoms with Crippen LogP contribution in [0.4, 0.5) is 11.4 Å². The molecule has 0 aliphatic rings. The molecule has 0 aromatic heterocycles. The van der Waals surface area contributed by atoms with Crippen molar-refractivity contribution in [2.75, 3.05) is 30.9 Å². The summed E-state index contributed by atoms with van der Waals surface area (Å²) < 4.78 is 1.07. The molecule has 2 aromatic rings. The predicted octanol–water partition coefficient (Wildman–Crippen LogP) is 3.63. The summed E-state index contributed by atoms with van der Waals surface area (Å²) in [4.78, 5) is 2.09. The van der Waals surface area contributed by atoms with Crippen LogP contribution in [0.25, 0.3) is 0 Å². The van der Waals surface area contributed by atoms with Gasteiger partial charge in [-0.05, 0) is 42.0 Å². The molecule has 3 nitrogen and oxygen atoms in total. The van der Waals surface area contributed by atoms with E-state index in [1.165, 1.54) is 11.3 Å². The van der Waals surface area contributed by atoms with Crippen LogP contribution in [0, 0.1) is 0 Å². The van der Waals surface area contributed by atoms with Gasteiger partial charge in [-0.2, -0.15) is 0 Å². The Kier molecular flexibility index (Phi) is 5.04. The molecular weight excluding hydrogens is 314 g/mol. The fraction of sp³-hybridized carbons (Fsp3) is 0.250. The maximum atomic E-state index is 5.90. The minimum absolute atomic E-state index is 0.118. The van der Waals surface area contributed by atoms with Crippen LogP contribution in [-0.4, -0.2) is 20.6 Å². The highest BCUT2D eigenvalue weighted by Gasteiger charge is 2.09. The SMILES string of the molecule is CN(C)c1ccc(C(CN)Nc2ccc(Br)cc2)cc1. The summed E-state index contributed by atoms with van der Waals surface area (Å²) in [5.41, 5.74) is 9.35. The molecule has 0 aliphatic heterocycles. The highest BCUT2D eigenvalue weighted by molar-refractivity contribution is 9.10. The first-order valence-electron chi connectivity index (χ1n) is 6.59. The van der Waals surface area contributed by atoms with Gasteiger partial charge in [0.2, 0.25) is 0 Å². The van der Waals surface area contributed by atoms with E-state index in [-0.39, 0.29) is 6.04 Å². The fourth-order valence-electron chi connectivity index (χ4n) is 2.03. The predicted molar refractivity (Wildman–Crippen MR) is 90.3 cm³/mol. The smallest absolute Gasteiger partial charge is 0.0636 e. The van der Waals surface area contributed by atoms with E-state index >= 15 is 0 Å². The first-order chi connectivity index (χ1) is 9.60. The van der Waals surface area contributed by atoms with Gasteiger partial charge in [0.1, 0.15) is 0 Å². The summed E-state index contributed by atoms with van der Waals surface area (Å²) in [6, 6.07) is 16.7. The Morgan fingerprint density at radius 3 is 2.15 bits per heavy atom. The molecule has 3 N–H and O–H groups in total. The largest absolute Gasteiger partial charge is 0.378 e. The van der Waals surface area contributed by atoms with Crippen LogP contribution in [-0.2, 0) is 0 Å². The van der Waals surface area contributed by atoms with Gasteiger partial charge in [0.25, 0.3) is 0 Å². The van der Waals surface area contributed by atoms with E-state index in [2.05, 4.69) is 50.4 Å². The van der Waals surface area contributed by atoms with Crippen molar-refractivity contribution >= 4 is 27.3 Å². The number of benzene rings is 2. The van der Waals surface area contributed by atoms with Crippen molar-refractivity contribution in [2.45, 2.75) is 6.04 Å². The zero-order valence-electron chi connectivity index (χ0n) is 11.8. The molecule has 1 atom stereocenters. The van der Waals surface area contributed by atoms with Crippen LogP contribution in [0.2, 0.25) is 0 Å². The number of hydrogen-bond acceptors (Lipinski definition) is 3. The van der Waals surface area contributed by atoms with Crippen molar-refractivity contribution in [3.63, 3.8) is 0 Å². The van der Waals surface area contributed by atoms with Crippen molar-refractivity contribution < 1.29 is 0 Å². The van der Waals surface area contributed by atoms with Crippen LogP contribution in [0.3, 0.4) is 0 Å². The molecule has 106 valence electrons. The van der Waals surface area contributed by atoms with E-state index < -0.39 is 0 Å². The normalized spacial score (nSPS) is 12.0. The lowest BCUT2D eigenvalue weighted by Crippen LogP contribution is -2.20. The Balaban J connectivity index is 2.13. The standard InChI is InChI=1S/C16H20BrN3/c1-20(2)15-9-3-12(4-10-15)16(11-18)19-14-7-5-13(17)6-8-14/h3-10,16,19H,11,18H2,1-2H3. The lowest BCUT2D eigenvalue weighted by Gasteiger charge is -2.20. The average molecular weight is 334 g/mol. The van der Waals surface area contributed by atoms with Crippen LogP contribution >= 0.6 is 15.9 Å². The van der Waals surface area contributed by atoms with E-state index in [0.29, 0.717) is 6.54 Å². The monoisotopic (exact) mass is 333 g/mol. The van der Waals surface area contributed by atoms with Gasteiger partial charge in [-0.1, -0.05) is 28.1 Å². The van der Waals surface area contributed by atoms with Crippen LogP contribution in [0.15, 0.2) is 53.0 Å². The molecule has 4 heteroatoms. The number of rotatable bonds is 5. The number of hydrogen-bond donors (Lipinski definition) is 2. The Labute approximate surface area is 128 Å². The minimum Gasteiger partial charge on any atom is -0.378 e. The Hall–Kier alpha value is -1.52. The number of nitrogens with one attached hydrogen (secondary N) is 1. The Bertz CT molecular complexity index is 535. The van der Waals surface area contributed by atoms with Gasteiger partial charge in [0.15, 0.2) is 0 Å².